The summed E-state index contributed by atoms with van der Waals surface area (Å²) in [6, 6.07) is 0. The predicted molar refractivity (Wildman–Crippen MR) is 140 cm³/mol. The van der Waals surface area contributed by atoms with Gasteiger partial charge >= 0.3 is 91.2 Å². The summed E-state index contributed by atoms with van der Waals surface area (Å²) in [7, 11) is -5.12. The third-order valence-corrected chi connectivity index (χ3v) is 11.3. The Hall–Kier alpha value is -1.29. The molecule has 0 aromatic heterocycles. The van der Waals surface area contributed by atoms with Gasteiger partial charge < -0.3 is 4.89 Å². The molecule has 0 aromatic rings. The first-order chi connectivity index (χ1) is 25.8. The van der Waals surface area contributed by atoms with Gasteiger partial charge in [0.1, 0.15) is 0 Å². The highest BCUT2D eigenvalue weighted by atomic mass is 32.2. The first-order valence-corrected chi connectivity index (χ1v) is 18.1. The fourth-order valence-corrected chi connectivity index (χ4v) is 7.59. The zero-order valence-corrected chi connectivity index (χ0v) is 30.0. The molecule has 4 nitrogen and oxygen atoms in total. The van der Waals surface area contributed by atoms with Gasteiger partial charge in [-0.25, -0.2) is 4.57 Å². The molecule has 1 aliphatic heterocycles. The highest BCUT2D eigenvalue weighted by Gasteiger charge is 2.94. The molecular formula is C23H17F30O4PS2. The van der Waals surface area contributed by atoms with Crippen LogP contribution in [0, 0.1) is 5.41 Å². The Morgan fingerprint density at radius 3 is 0.850 bits per heavy atom. The van der Waals surface area contributed by atoms with E-state index in [1.54, 1.807) is 0 Å². The van der Waals surface area contributed by atoms with E-state index in [0.717, 1.165) is 0 Å². The lowest BCUT2D eigenvalue weighted by atomic mass is 9.90. The quantitative estimate of drug-likeness (QED) is 0.0745. The van der Waals surface area contributed by atoms with Crippen LogP contribution in [-0.4, -0.2) is 125 Å². The van der Waals surface area contributed by atoms with Crippen LogP contribution >= 0.6 is 31.3 Å². The Morgan fingerprint density at radius 1 is 0.400 bits per heavy atom. The summed E-state index contributed by atoms with van der Waals surface area (Å²) in [4.78, 5) is 9.27. The molecule has 1 saturated heterocycles. The third kappa shape index (κ3) is 9.15. The van der Waals surface area contributed by atoms with Crippen LogP contribution in [0.3, 0.4) is 0 Å². The van der Waals surface area contributed by atoms with E-state index in [0.29, 0.717) is 0 Å². The number of phosphoric acid groups is 1. The Bertz CT molecular complexity index is 1430. The number of alkyl halides is 30. The zero-order chi connectivity index (χ0) is 48.5. The van der Waals surface area contributed by atoms with E-state index >= 15 is 0 Å². The van der Waals surface area contributed by atoms with Crippen molar-refractivity contribution in [1.29, 1.82) is 0 Å². The minimum absolute atomic E-state index is 0.357. The molecule has 60 heavy (non-hydrogen) atoms. The summed E-state index contributed by atoms with van der Waals surface area (Å²) in [5.74, 6) is -103. The number of phosphoric ester groups is 1. The molecule has 0 aliphatic carbocycles. The second-order valence-electron chi connectivity index (χ2n) is 12.3. The highest BCUT2D eigenvalue weighted by molar-refractivity contribution is 8.00. The Balaban J connectivity index is 3.24. The molecule has 0 atom stereocenters. The Labute approximate surface area is 320 Å². The van der Waals surface area contributed by atoms with Crippen molar-refractivity contribution in [2.45, 2.75) is 96.3 Å². The maximum atomic E-state index is 14.2. The predicted octanol–water partition coefficient (Wildman–Crippen LogP) is 12.1. The van der Waals surface area contributed by atoms with E-state index in [1.165, 1.54) is 0 Å². The highest BCUT2D eigenvalue weighted by Crippen LogP contribution is 2.65. The van der Waals surface area contributed by atoms with Gasteiger partial charge in [0.2, 0.25) is 0 Å². The number of thioether (sulfide) groups is 2. The molecular weight excluding hydrogens is 1010 g/mol. The summed E-state index contributed by atoms with van der Waals surface area (Å²) in [6.07, 6.45) is -21.7. The topological polar surface area (TPSA) is 55.8 Å². The molecule has 0 saturated carbocycles. The molecule has 0 radical (unpaired) electrons. The standard InChI is InChI=1S/C23H17F30O4PS2/c24-10(25,12(28,29)14(32,33)16(36,37)18(40,41)20(44,45)22(48,49)50)1-3-59-7-9(5-56-58(54,55)57-6-9)8-60-4-2-11(26,27)13(30,31)15(34,35)17(38,39)19(42,43)21(46,47)23(51,52)53/h1-8H2,(H,54,55). The van der Waals surface area contributed by atoms with Gasteiger partial charge in [-0.3, -0.25) is 9.05 Å². The molecule has 0 amide bonds. The van der Waals surface area contributed by atoms with Crippen molar-refractivity contribution in [3.63, 3.8) is 0 Å². The Kier molecular flexibility index (Phi) is 15.4. The van der Waals surface area contributed by atoms with Gasteiger partial charge in [-0.2, -0.15) is 155 Å². The minimum atomic E-state index is -8.63. The number of hydrogen-bond donors (Lipinski definition) is 1. The van der Waals surface area contributed by atoms with Crippen molar-refractivity contribution in [2.24, 2.45) is 5.41 Å². The maximum absolute atomic E-state index is 14.2. The van der Waals surface area contributed by atoms with Gasteiger partial charge in [0.05, 0.1) is 13.2 Å². The Morgan fingerprint density at radius 2 is 0.617 bits per heavy atom. The van der Waals surface area contributed by atoms with Crippen LogP contribution in [0.25, 0.3) is 0 Å². The summed E-state index contributed by atoms with van der Waals surface area (Å²) < 4.78 is 422. The van der Waals surface area contributed by atoms with Gasteiger partial charge in [0, 0.05) is 29.8 Å². The summed E-state index contributed by atoms with van der Waals surface area (Å²) in [6.45, 7) is -2.70. The fraction of sp³-hybridized carbons (Fsp3) is 1.00. The molecule has 1 rings (SSSR count). The van der Waals surface area contributed by atoms with Gasteiger partial charge in [-0.15, -0.1) is 0 Å². The van der Waals surface area contributed by atoms with Crippen molar-refractivity contribution in [2.75, 3.05) is 36.2 Å². The van der Waals surface area contributed by atoms with Crippen molar-refractivity contribution in [3.8, 4) is 0 Å². The van der Waals surface area contributed by atoms with Crippen LogP contribution in [0.5, 0.6) is 0 Å². The molecule has 0 spiro atoms. The van der Waals surface area contributed by atoms with E-state index in [-0.39, 0.29) is 23.5 Å². The average Bonchev–Trinajstić information content (AvgIpc) is 3.04. The van der Waals surface area contributed by atoms with Crippen molar-refractivity contribution >= 4 is 31.3 Å². The molecule has 0 unspecified atom stereocenters. The monoisotopic (exact) mass is 1020 g/mol. The lowest BCUT2D eigenvalue weighted by molar-refractivity contribution is -0.452. The molecule has 1 fully saturated rings. The van der Waals surface area contributed by atoms with Gasteiger partial charge in [-0.05, 0) is 11.5 Å². The van der Waals surface area contributed by atoms with Crippen LogP contribution in [0.4, 0.5) is 132 Å². The van der Waals surface area contributed by atoms with E-state index in [4.69, 9.17) is 0 Å². The maximum Gasteiger partial charge on any atom is 0.472 e. The first kappa shape index (κ1) is 56.7. The van der Waals surface area contributed by atoms with Crippen LogP contribution in [-0.2, 0) is 13.6 Å². The molecule has 1 aliphatic rings. The largest absolute Gasteiger partial charge is 0.472 e. The summed E-state index contributed by atoms with van der Waals surface area (Å²) in [5.41, 5.74) is -2.30. The number of hydrogen-bond acceptors (Lipinski definition) is 5. The van der Waals surface area contributed by atoms with Crippen molar-refractivity contribution < 1.29 is 150 Å². The number of halogens is 30. The van der Waals surface area contributed by atoms with Gasteiger partial charge in [-0.1, -0.05) is 0 Å². The molecule has 1 N–H and O–H groups in total. The molecule has 360 valence electrons. The minimum Gasteiger partial charge on any atom is -0.302 e. The lowest BCUT2D eigenvalue weighted by Crippen LogP contribution is -2.72. The summed E-state index contributed by atoms with van der Waals surface area (Å²) in [5, 5.41) is 0. The lowest BCUT2D eigenvalue weighted by Gasteiger charge is -2.41. The van der Waals surface area contributed by atoms with Crippen LogP contribution < -0.4 is 0 Å². The van der Waals surface area contributed by atoms with Crippen LogP contribution in [0.1, 0.15) is 12.8 Å². The van der Waals surface area contributed by atoms with Gasteiger partial charge in [0.15, 0.2) is 0 Å². The van der Waals surface area contributed by atoms with Crippen molar-refractivity contribution in [3.05, 3.63) is 0 Å². The van der Waals surface area contributed by atoms with Gasteiger partial charge in [0.25, 0.3) is 0 Å². The van der Waals surface area contributed by atoms with Crippen LogP contribution in [0.2, 0.25) is 0 Å². The van der Waals surface area contributed by atoms with E-state index in [2.05, 4.69) is 9.05 Å². The van der Waals surface area contributed by atoms with E-state index in [9.17, 15) is 141 Å². The SMILES string of the molecule is O=P1(O)OCC(CSCCC(F)(F)C(F)(F)C(F)(F)C(F)(F)C(F)(F)C(F)(F)C(F)(F)F)(CSCCC(F)(F)C(F)(F)C(F)(F)C(F)(F)C(F)(F)C(F)(F)C(F)(F)F)CO1. The smallest absolute Gasteiger partial charge is 0.302 e. The average molecular weight is 1020 g/mol. The first-order valence-electron chi connectivity index (χ1n) is 14.3. The second kappa shape index (κ2) is 16.3. The van der Waals surface area contributed by atoms with E-state index in [1.807, 2.05) is 0 Å². The molecule has 0 aromatic carbocycles. The summed E-state index contributed by atoms with van der Waals surface area (Å²) >= 11 is -0.715. The third-order valence-electron chi connectivity index (χ3n) is 7.79. The molecule has 0 bridgehead atoms. The van der Waals surface area contributed by atoms with Crippen LogP contribution in [0.15, 0.2) is 0 Å². The fourth-order valence-electron chi connectivity index (χ4n) is 4.01. The number of rotatable bonds is 20. The normalized spacial score (nSPS) is 19.2. The molecule has 1 heterocycles. The van der Waals surface area contributed by atoms with E-state index < -0.39 is 146 Å². The second-order valence-corrected chi connectivity index (χ2v) is 15.9. The zero-order valence-electron chi connectivity index (χ0n) is 27.4. The van der Waals surface area contributed by atoms with Crippen molar-refractivity contribution in [1.82, 2.24) is 0 Å². The molecule has 37 heteroatoms.